The zero-order valence-electron chi connectivity index (χ0n) is 16.8. The first-order valence-electron chi connectivity index (χ1n) is 10.3. The molecule has 0 amide bonds. The van der Waals surface area contributed by atoms with Crippen LogP contribution in [0.15, 0.2) is 112 Å². The maximum Gasteiger partial charge on any atom is 0.123 e. The molecule has 0 N–H and O–H groups in total. The fraction of sp³-hybridized carbons (Fsp3) is 0.111. The van der Waals surface area contributed by atoms with E-state index in [9.17, 15) is 0 Å². The summed E-state index contributed by atoms with van der Waals surface area (Å²) in [6, 6.07) is 35.1. The van der Waals surface area contributed by atoms with E-state index in [-0.39, 0.29) is 6.10 Å². The average molecular weight is 522 g/mol. The molecule has 150 valence electrons. The van der Waals surface area contributed by atoms with Crippen LogP contribution in [0.5, 0.6) is 5.75 Å². The third-order valence-electron chi connectivity index (χ3n) is 5.57. The molecule has 1 unspecified atom stereocenters. The second-order valence-corrected chi connectivity index (χ2v) is 10.8. The molecular weight excluding hydrogens is 499 g/mol. The molecule has 1 nitrogen and oxygen atoms in total. The number of hydrogen-bond acceptors (Lipinski definition) is 1. The van der Waals surface area contributed by atoms with Crippen molar-refractivity contribution in [3.8, 4) is 16.9 Å². The second kappa shape index (κ2) is 8.48. The van der Waals surface area contributed by atoms with Crippen LogP contribution in [0.1, 0.15) is 25.0 Å². The van der Waals surface area contributed by atoms with Crippen LogP contribution < -0.4 is 4.74 Å². The quantitative estimate of drug-likeness (QED) is 0.181. The summed E-state index contributed by atoms with van der Waals surface area (Å²) in [6.07, 6.45) is 1.02. The topological polar surface area (TPSA) is 9.23 Å². The van der Waals surface area contributed by atoms with Crippen molar-refractivity contribution in [3.05, 3.63) is 106 Å². The number of ether oxygens (including phenoxy) is 1. The summed E-state index contributed by atoms with van der Waals surface area (Å²) >= 11 is 2.34. The van der Waals surface area contributed by atoms with Crippen LogP contribution in [0.25, 0.3) is 11.1 Å². The van der Waals surface area contributed by atoms with Crippen LogP contribution >= 0.6 is 33.5 Å². The van der Waals surface area contributed by atoms with Crippen LogP contribution in [0, 0.1) is 3.57 Å². The molecule has 0 aromatic heterocycles. The molecule has 1 atom stereocenters. The Labute approximate surface area is 194 Å². The minimum Gasteiger partial charge on any atom is -0.486 e. The molecular formula is C27H23IOS. The van der Waals surface area contributed by atoms with Gasteiger partial charge in [-0.15, -0.1) is 0 Å². The van der Waals surface area contributed by atoms with E-state index in [4.69, 9.17) is 4.74 Å². The van der Waals surface area contributed by atoms with Gasteiger partial charge in [0.05, 0.1) is 0 Å². The van der Waals surface area contributed by atoms with Gasteiger partial charge in [0.25, 0.3) is 0 Å². The summed E-state index contributed by atoms with van der Waals surface area (Å²) in [5.41, 5.74) is 3.98. The number of benzene rings is 4. The van der Waals surface area contributed by atoms with Crippen molar-refractivity contribution in [2.24, 2.45) is 0 Å². The number of fused-ring (bicyclic) bond motifs is 3. The van der Waals surface area contributed by atoms with E-state index >= 15 is 0 Å². The van der Waals surface area contributed by atoms with Crippen LogP contribution in [-0.4, -0.2) is 0 Å². The van der Waals surface area contributed by atoms with E-state index in [1.807, 2.05) is 0 Å². The highest BCUT2D eigenvalue weighted by Crippen LogP contribution is 2.62. The Morgan fingerprint density at radius 2 is 1.30 bits per heavy atom. The largest absolute Gasteiger partial charge is 0.486 e. The first-order chi connectivity index (χ1) is 14.7. The summed E-state index contributed by atoms with van der Waals surface area (Å²) in [4.78, 5) is 4.28. The Balaban J connectivity index is 1.43. The smallest absolute Gasteiger partial charge is 0.123 e. The zero-order valence-corrected chi connectivity index (χ0v) is 19.8. The van der Waals surface area contributed by atoms with Crippen molar-refractivity contribution in [3.63, 3.8) is 0 Å². The highest BCUT2D eigenvalue weighted by atomic mass is 127. The van der Waals surface area contributed by atoms with Gasteiger partial charge >= 0.3 is 0 Å². The summed E-state index contributed by atoms with van der Waals surface area (Å²) in [7, 11) is -0.512. The van der Waals surface area contributed by atoms with Gasteiger partial charge in [-0.25, -0.2) is 0 Å². The third-order valence-corrected chi connectivity index (χ3v) is 8.84. The lowest BCUT2D eigenvalue weighted by Crippen LogP contribution is -2.06. The Morgan fingerprint density at radius 3 is 1.87 bits per heavy atom. The molecule has 0 spiro atoms. The first-order valence-corrected chi connectivity index (χ1v) is 12.7. The third kappa shape index (κ3) is 3.65. The number of halogens is 1. The summed E-state index contributed by atoms with van der Waals surface area (Å²) < 4.78 is 7.60. The van der Waals surface area contributed by atoms with Crippen LogP contribution in [-0.2, 0) is 0 Å². The van der Waals surface area contributed by atoms with Crippen molar-refractivity contribution >= 4 is 33.5 Å². The predicted octanol–water partition coefficient (Wildman–Crippen LogP) is 8.28. The molecule has 0 saturated carbocycles. The molecule has 1 heterocycles. The average Bonchev–Trinajstić information content (AvgIpc) is 3.13. The minimum atomic E-state index is -0.512. The SMILES string of the molecule is CCC(Oc1ccc([SH]2c3ccccc3-c3ccccc32)cc1)c1ccc(I)cc1. The predicted molar refractivity (Wildman–Crippen MR) is 135 cm³/mol. The van der Waals surface area contributed by atoms with Gasteiger partial charge < -0.3 is 4.74 Å². The molecule has 3 heteroatoms. The van der Waals surface area contributed by atoms with E-state index in [2.05, 4.69) is 127 Å². The Bertz CT molecular complexity index is 1120. The number of hydrogen-bond donors (Lipinski definition) is 1. The van der Waals surface area contributed by atoms with E-state index in [1.165, 1.54) is 34.9 Å². The Kier molecular flexibility index (Phi) is 5.57. The molecule has 0 bridgehead atoms. The molecule has 30 heavy (non-hydrogen) atoms. The lowest BCUT2D eigenvalue weighted by atomic mass is 10.1. The van der Waals surface area contributed by atoms with Gasteiger partial charge in [0.1, 0.15) is 11.9 Å². The summed E-state index contributed by atoms with van der Waals surface area (Å²) in [6.45, 7) is 2.17. The van der Waals surface area contributed by atoms with Crippen molar-refractivity contribution in [1.29, 1.82) is 0 Å². The Hall–Kier alpha value is -2.24. The van der Waals surface area contributed by atoms with Crippen molar-refractivity contribution in [2.45, 2.75) is 34.1 Å². The van der Waals surface area contributed by atoms with Crippen molar-refractivity contribution in [1.82, 2.24) is 0 Å². The zero-order chi connectivity index (χ0) is 20.5. The van der Waals surface area contributed by atoms with E-state index in [0.29, 0.717) is 0 Å². The molecule has 0 radical (unpaired) electrons. The molecule has 5 rings (SSSR count). The lowest BCUT2D eigenvalue weighted by molar-refractivity contribution is 0.201. The van der Waals surface area contributed by atoms with Crippen LogP contribution in [0.2, 0.25) is 0 Å². The van der Waals surface area contributed by atoms with Crippen LogP contribution in [0.4, 0.5) is 0 Å². The van der Waals surface area contributed by atoms with Crippen LogP contribution in [0.3, 0.4) is 0 Å². The van der Waals surface area contributed by atoms with Gasteiger partial charge in [-0.3, -0.25) is 0 Å². The fourth-order valence-electron chi connectivity index (χ4n) is 4.10. The summed E-state index contributed by atoms with van der Waals surface area (Å²) in [5.74, 6) is 0.930. The van der Waals surface area contributed by atoms with Gasteiger partial charge in [-0.05, 0) is 99.1 Å². The number of thiol groups is 1. The van der Waals surface area contributed by atoms with Gasteiger partial charge in [-0.2, -0.15) is 10.9 Å². The maximum absolute atomic E-state index is 6.35. The highest BCUT2D eigenvalue weighted by molar-refractivity contribution is 14.1. The first kappa shape index (κ1) is 19.7. The molecule has 0 aliphatic carbocycles. The van der Waals surface area contributed by atoms with Gasteiger partial charge in [0.2, 0.25) is 0 Å². The Morgan fingerprint density at radius 1 is 0.733 bits per heavy atom. The minimum absolute atomic E-state index is 0.0755. The summed E-state index contributed by atoms with van der Waals surface area (Å²) in [5, 5.41) is 0. The highest BCUT2D eigenvalue weighted by Gasteiger charge is 2.26. The molecule has 1 aliphatic rings. The molecule has 4 aromatic rings. The molecule has 4 aromatic carbocycles. The standard InChI is InChI=1S/C27H23IOS/c1-2-25(19-11-13-20(28)14-12-19)29-21-15-17-22(18-16-21)30-26-9-5-3-7-23(26)24-8-4-6-10-27(24)30/h3-18,25,30H,2H2,1H3. The molecule has 1 aliphatic heterocycles. The maximum atomic E-state index is 6.35. The molecule has 0 saturated heterocycles. The molecule has 0 fully saturated rings. The van der Waals surface area contributed by atoms with E-state index in [1.54, 1.807) is 0 Å². The van der Waals surface area contributed by atoms with Gasteiger partial charge in [0, 0.05) is 13.4 Å². The van der Waals surface area contributed by atoms with Crippen molar-refractivity contribution in [2.75, 3.05) is 0 Å². The van der Waals surface area contributed by atoms with Gasteiger partial charge in [-0.1, -0.05) is 55.5 Å². The normalized spacial score (nSPS) is 14.1. The van der Waals surface area contributed by atoms with Crippen molar-refractivity contribution < 1.29 is 4.74 Å². The lowest BCUT2D eigenvalue weighted by Gasteiger charge is -2.21. The van der Waals surface area contributed by atoms with Gasteiger partial charge in [0.15, 0.2) is 0 Å². The monoisotopic (exact) mass is 522 g/mol. The number of rotatable bonds is 5. The van der Waals surface area contributed by atoms with E-state index < -0.39 is 10.9 Å². The fourth-order valence-corrected chi connectivity index (χ4v) is 7.07. The van der Waals surface area contributed by atoms with E-state index in [0.717, 1.165) is 12.2 Å². The second-order valence-electron chi connectivity index (χ2n) is 7.43.